The van der Waals surface area contributed by atoms with Gasteiger partial charge in [0.1, 0.15) is 6.29 Å². The van der Waals surface area contributed by atoms with E-state index in [0.717, 1.165) is 6.29 Å². The number of rotatable bonds is 5. The molecule has 1 aliphatic rings. The van der Waals surface area contributed by atoms with Gasteiger partial charge in [-0.25, -0.2) is 0 Å². The van der Waals surface area contributed by atoms with Gasteiger partial charge in [-0.3, -0.25) is 0 Å². The molecule has 2 atom stereocenters. The Labute approximate surface area is 96.8 Å². The highest BCUT2D eigenvalue weighted by atomic mass is 16.1. The summed E-state index contributed by atoms with van der Waals surface area (Å²) in [7, 11) is 0. The van der Waals surface area contributed by atoms with Crippen molar-refractivity contribution < 1.29 is 4.79 Å². The fraction of sp³-hybridized carbons (Fsp3) is 0.500. The van der Waals surface area contributed by atoms with Crippen molar-refractivity contribution in [1.82, 2.24) is 0 Å². The Morgan fingerprint density at radius 1 is 1.38 bits per heavy atom. The van der Waals surface area contributed by atoms with Crippen molar-refractivity contribution in [3.05, 3.63) is 35.4 Å². The van der Waals surface area contributed by atoms with Crippen LogP contribution in [0.25, 0.3) is 0 Å². The first-order chi connectivity index (χ1) is 7.76. The van der Waals surface area contributed by atoms with E-state index in [1.54, 1.807) is 0 Å². The molecule has 1 aliphatic carbocycles. The van der Waals surface area contributed by atoms with E-state index >= 15 is 0 Å². The van der Waals surface area contributed by atoms with Crippen LogP contribution in [0.1, 0.15) is 29.9 Å². The minimum Gasteiger partial charge on any atom is -0.330 e. The van der Waals surface area contributed by atoms with Gasteiger partial charge in [-0.05, 0) is 37.2 Å². The lowest BCUT2D eigenvalue weighted by Crippen LogP contribution is -2.24. The van der Waals surface area contributed by atoms with Gasteiger partial charge in [-0.15, -0.1) is 0 Å². The van der Waals surface area contributed by atoms with Crippen molar-refractivity contribution in [1.29, 1.82) is 0 Å². The molecule has 2 rings (SSSR count). The molecule has 0 saturated heterocycles. The Hall–Kier alpha value is -1.15. The zero-order valence-electron chi connectivity index (χ0n) is 9.73. The predicted molar refractivity (Wildman–Crippen MR) is 65.3 cm³/mol. The van der Waals surface area contributed by atoms with E-state index in [4.69, 9.17) is 5.73 Å². The maximum absolute atomic E-state index is 11.1. The van der Waals surface area contributed by atoms with Crippen LogP contribution in [0.2, 0.25) is 0 Å². The molecule has 86 valence electrons. The van der Waals surface area contributed by atoms with Crippen LogP contribution in [0.3, 0.4) is 0 Å². The second-order valence-corrected chi connectivity index (χ2v) is 4.81. The molecule has 0 bridgehead atoms. The predicted octanol–water partition coefficient (Wildman–Crippen LogP) is 2.26. The zero-order chi connectivity index (χ0) is 11.5. The summed E-state index contributed by atoms with van der Waals surface area (Å²) < 4.78 is 0. The van der Waals surface area contributed by atoms with E-state index in [1.165, 1.54) is 24.0 Å². The van der Waals surface area contributed by atoms with Gasteiger partial charge >= 0.3 is 0 Å². The molecule has 0 aromatic heterocycles. The molecule has 16 heavy (non-hydrogen) atoms. The van der Waals surface area contributed by atoms with Crippen LogP contribution in [0, 0.1) is 18.8 Å². The van der Waals surface area contributed by atoms with Crippen molar-refractivity contribution in [3.8, 4) is 0 Å². The normalized spacial score (nSPS) is 19.1. The summed E-state index contributed by atoms with van der Waals surface area (Å²) >= 11 is 0. The quantitative estimate of drug-likeness (QED) is 0.769. The van der Waals surface area contributed by atoms with Gasteiger partial charge in [-0.1, -0.05) is 29.8 Å². The van der Waals surface area contributed by atoms with Gasteiger partial charge in [0.05, 0.1) is 0 Å². The van der Waals surface area contributed by atoms with E-state index in [9.17, 15) is 4.79 Å². The van der Waals surface area contributed by atoms with Crippen LogP contribution < -0.4 is 5.73 Å². The third kappa shape index (κ3) is 2.33. The zero-order valence-corrected chi connectivity index (χ0v) is 9.73. The molecule has 1 fully saturated rings. The summed E-state index contributed by atoms with van der Waals surface area (Å²) in [5.41, 5.74) is 8.22. The number of benzene rings is 1. The van der Waals surface area contributed by atoms with E-state index < -0.39 is 0 Å². The molecule has 2 N–H and O–H groups in total. The Morgan fingerprint density at radius 2 is 2.00 bits per heavy atom. The van der Waals surface area contributed by atoms with Crippen molar-refractivity contribution >= 4 is 6.29 Å². The molecule has 1 aromatic rings. The first-order valence-electron chi connectivity index (χ1n) is 5.98. The van der Waals surface area contributed by atoms with Crippen molar-refractivity contribution in [2.75, 3.05) is 6.54 Å². The van der Waals surface area contributed by atoms with Crippen LogP contribution in [-0.4, -0.2) is 12.8 Å². The van der Waals surface area contributed by atoms with E-state index in [0.29, 0.717) is 18.4 Å². The number of hydrogen-bond acceptors (Lipinski definition) is 2. The Bertz CT molecular complexity index is 354. The van der Waals surface area contributed by atoms with Crippen molar-refractivity contribution in [2.45, 2.75) is 25.7 Å². The van der Waals surface area contributed by atoms with Gasteiger partial charge in [0.2, 0.25) is 0 Å². The number of aryl methyl sites for hydroxylation is 1. The van der Waals surface area contributed by atoms with E-state index in [-0.39, 0.29) is 5.92 Å². The number of hydrogen-bond donors (Lipinski definition) is 1. The molecule has 2 unspecified atom stereocenters. The second-order valence-electron chi connectivity index (χ2n) is 4.81. The SMILES string of the molecule is Cc1ccc(C(C(C=O)CN)C2CC2)cc1. The molecule has 1 saturated carbocycles. The van der Waals surface area contributed by atoms with Crippen LogP contribution in [-0.2, 0) is 4.79 Å². The highest BCUT2D eigenvalue weighted by Gasteiger charge is 2.36. The molecule has 0 heterocycles. The van der Waals surface area contributed by atoms with Gasteiger partial charge < -0.3 is 10.5 Å². The summed E-state index contributed by atoms with van der Waals surface area (Å²) in [5, 5.41) is 0. The summed E-state index contributed by atoms with van der Waals surface area (Å²) in [4.78, 5) is 11.1. The number of carbonyl (C=O) groups is 1. The maximum atomic E-state index is 11.1. The smallest absolute Gasteiger partial charge is 0.124 e. The molecule has 0 radical (unpaired) electrons. The lowest BCUT2D eigenvalue weighted by Gasteiger charge is -2.22. The Morgan fingerprint density at radius 3 is 2.44 bits per heavy atom. The van der Waals surface area contributed by atoms with Gasteiger partial charge in [0.25, 0.3) is 0 Å². The minimum absolute atomic E-state index is 0.0183. The lowest BCUT2D eigenvalue weighted by atomic mass is 9.83. The van der Waals surface area contributed by atoms with E-state index in [1.807, 2.05) is 0 Å². The molecule has 0 aliphatic heterocycles. The molecule has 0 amide bonds. The minimum atomic E-state index is -0.0183. The Kier molecular flexibility index (Phi) is 3.39. The fourth-order valence-corrected chi connectivity index (χ4v) is 2.40. The van der Waals surface area contributed by atoms with Crippen LogP contribution >= 0.6 is 0 Å². The van der Waals surface area contributed by atoms with Gasteiger partial charge in [0, 0.05) is 12.5 Å². The molecular formula is C14H19NO. The van der Waals surface area contributed by atoms with Crippen molar-refractivity contribution in [2.24, 2.45) is 17.6 Å². The molecule has 0 spiro atoms. The highest BCUT2D eigenvalue weighted by molar-refractivity contribution is 5.56. The first kappa shape index (κ1) is 11.3. The lowest BCUT2D eigenvalue weighted by molar-refractivity contribution is -0.111. The van der Waals surface area contributed by atoms with E-state index in [2.05, 4.69) is 31.2 Å². The summed E-state index contributed by atoms with van der Waals surface area (Å²) in [6.45, 7) is 2.54. The highest BCUT2D eigenvalue weighted by Crippen LogP contribution is 2.45. The third-order valence-corrected chi connectivity index (χ3v) is 3.50. The van der Waals surface area contributed by atoms with Crippen LogP contribution in [0.4, 0.5) is 0 Å². The summed E-state index contributed by atoms with van der Waals surface area (Å²) in [5.74, 6) is 0.986. The molecular weight excluding hydrogens is 198 g/mol. The monoisotopic (exact) mass is 217 g/mol. The molecule has 2 heteroatoms. The summed E-state index contributed by atoms with van der Waals surface area (Å²) in [6.07, 6.45) is 3.51. The van der Waals surface area contributed by atoms with Gasteiger partial charge in [-0.2, -0.15) is 0 Å². The average Bonchev–Trinajstić information content (AvgIpc) is 3.11. The third-order valence-electron chi connectivity index (χ3n) is 3.50. The number of carbonyl (C=O) groups excluding carboxylic acids is 1. The number of aldehydes is 1. The number of nitrogens with two attached hydrogens (primary N) is 1. The van der Waals surface area contributed by atoms with Crippen LogP contribution in [0.15, 0.2) is 24.3 Å². The largest absolute Gasteiger partial charge is 0.330 e. The van der Waals surface area contributed by atoms with Gasteiger partial charge in [0.15, 0.2) is 0 Å². The molecule has 1 aromatic carbocycles. The van der Waals surface area contributed by atoms with Crippen molar-refractivity contribution in [3.63, 3.8) is 0 Å². The van der Waals surface area contributed by atoms with Crippen LogP contribution in [0.5, 0.6) is 0 Å². The average molecular weight is 217 g/mol. The standard InChI is InChI=1S/C14H19NO/c1-10-2-4-11(5-3-10)14(12-6-7-12)13(8-15)9-16/h2-5,9,12-14H,6-8,15H2,1H3. The summed E-state index contributed by atoms with van der Waals surface area (Å²) in [6, 6.07) is 8.52. The first-order valence-corrected chi connectivity index (χ1v) is 5.98. The maximum Gasteiger partial charge on any atom is 0.124 e. The second kappa shape index (κ2) is 4.79. The fourth-order valence-electron chi connectivity index (χ4n) is 2.40. The topological polar surface area (TPSA) is 43.1 Å². The molecule has 2 nitrogen and oxygen atoms in total. The Balaban J connectivity index is 2.24.